The smallest absolute Gasteiger partial charge is 0.336 e. The minimum atomic E-state index is -0.378. The zero-order valence-corrected chi connectivity index (χ0v) is 15.4. The second-order valence-corrected chi connectivity index (χ2v) is 7.17. The van der Waals surface area contributed by atoms with Crippen LogP contribution in [0.15, 0.2) is 32.8 Å². The van der Waals surface area contributed by atoms with Crippen molar-refractivity contribution < 1.29 is 9.21 Å². The first-order chi connectivity index (χ1) is 11.8. The first-order valence-electron chi connectivity index (χ1n) is 7.79. The molecule has 1 N–H and O–H groups in total. The molecule has 2 heterocycles. The lowest BCUT2D eigenvalue weighted by molar-refractivity contribution is 0.102. The van der Waals surface area contributed by atoms with Crippen molar-refractivity contribution in [3.8, 4) is 0 Å². The number of thiazole rings is 1. The molecule has 7 heteroatoms. The van der Waals surface area contributed by atoms with Crippen molar-refractivity contribution in [3.05, 3.63) is 55.8 Å². The predicted molar refractivity (Wildman–Crippen MR) is 99.4 cm³/mol. The second kappa shape index (κ2) is 6.78. The van der Waals surface area contributed by atoms with Gasteiger partial charge in [0.2, 0.25) is 0 Å². The van der Waals surface area contributed by atoms with Gasteiger partial charge in [-0.3, -0.25) is 4.79 Å². The van der Waals surface area contributed by atoms with E-state index in [1.54, 1.807) is 11.4 Å². The summed E-state index contributed by atoms with van der Waals surface area (Å²) in [6, 6.07) is 5.03. The van der Waals surface area contributed by atoms with Gasteiger partial charge in [-0.2, -0.15) is 0 Å². The number of benzene rings is 1. The first kappa shape index (κ1) is 17.3. The predicted octanol–water partition coefficient (Wildman–Crippen LogP) is 3.18. The molecule has 130 valence electrons. The van der Waals surface area contributed by atoms with Crippen molar-refractivity contribution >= 4 is 33.9 Å². The van der Waals surface area contributed by atoms with E-state index < -0.39 is 0 Å². The standard InChI is InChI=1S/C18H19N3O3S/c1-10-6-17(22)24-15-5-11(2)13(7-12(10)15)20-18(23)14-9-25-16(19-14)8-21(3)4/h5-7,9H,8H2,1-4H3,(H,20,23). The van der Waals surface area contributed by atoms with E-state index in [2.05, 4.69) is 10.3 Å². The number of rotatable bonds is 4. The molecule has 0 spiro atoms. The Labute approximate surface area is 149 Å². The highest BCUT2D eigenvalue weighted by Crippen LogP contribution is 2.25. The molecule has 6 nitrogen and oxygen atoms in total. The molecular weight excluding hydrogens is 338 g/mol. The van der Waals surface area contributed by atoms with E-state index in [9.17, 15) is 9.59 Å². The van der Waals surface area contributed by atoms with Crippen molar-refractivity contribution in [2.45, 2.75) is 20.4 Å². The van der Waals surface area contributed by atoms with Gasteiger partial charge >= 0.3 is 5.63 Å². The number of amides is 1. The Kier molecular flexibility index (Phi) is 4.69. The first-order valence-corrected chi connectivity index (χ1v) is 8.67. The molecule has 0 saturated heterocycles. The monoisotopic (exact) mass is 357 g/mol. The highest BCUT2D eigenvalue weighted by atomic mass is 32.1. The molecule has 0 aliphatic heterocycles. The fourth-order valence-electron chi connectivity index (χ4n) is 2.55. The summed E-state index contributed by atoms with van der Waals surface area (Å²) >= 11 is 1.46. The zero-order chi connectivity index (χ0) is 18.1. The lowest BCUT2D eigenvalue weighted by atomic mass is 10.1. The number of hydrogen-bond acceptors (Lipinski definition) is 6. The van der Waals surface area contributed by atoms with Crippen LogP contribution in [0.3, 0.4) is 0 Å². The summed E-state index contributed by atoms with van der Waals surface area (Å²) in [7, 11) is 3.92. The molecule has 1 aromatic carbocycles. The van der Waals surface area contributed by atoms with Crippen molar-refractivity contribution in [1.29, 1.82) is 0 Å². The molecule has 0 saturated carbocycles. The summed E-state index contributed by atoms with van der Waals surface area (Å²) in [4.78, 5) is 30.4. The van der Waals surface area contributed by atoms with Gasteiger partial charge in [-0.1, -0.05) is 0 Å². The van der Waals surface area contributed by atoms with Gasteiger partial charge in [0.15, 0.2) is 0 Å². The van der Waals surface area contributed by atoms with Crippen LogP contribution < -0.4 is 10.9 Å². The van der Waals surface area contributed by atoms with Gasteiger partial charge in [0.1, 0.15) is 16.3 Å². The van der Waals surface area contributed by atoms with Gasteiger partial charge in [-0.05, 0) is 51.2 Å². The fraction of sp³-hybridized carbons (Fsp3) is 0.278. The average Bonchev–Trinajstić information content (AvgIpc) is 2.96. The van der Waals surface area contributed by atoms with E-state index in [1.165, 1.54) is 17.4 Å². The number of nitrogens with zero attached hydrogens (tertiary/aromatic N) is 2. The van der Waals surface area contributed by atoms with E-state index in [1.807, 2.05) is 38.9 Å². The highest BCUT2D eigenvalue weighted by molar-refractivity contribution is 7.09. The minimum Gasteiger partial charge on any atom is -0.423 e. The maximum absolute atomic E-state index is 12.5. The number of carbonyl (C=O) groups excluding carboxylic acids is 1. The number of hydrogen-bond donors (Lipinski definition) is 1. The van der Waals surface area contributed by atoms with Crippen LogP contribution in [-0.4, -0.2) is 29.9 Å². The molecule has 0 atom stereocenters. The highest BCUT2D eigenvalue weighted by Gasteiger charge is 2.14. The molecule has 1 amide bonds. The van der Waals surface area contributed by atoms with Gasteiger partial charge in [0.05, 0.1) is 0 Å². The Balaban J connectivity index is 1.89. The van der Waals surface area contributed by atoms with Crippen LogP contribution in [0.4, 0.5) is 5.69 Å². The van der Waals surface area contributed by atoms with Gasteiger partial charge < -0.3 is 14.6 Å². The molecular formula is C18H19N3O3S. The maximum Gasteiger partial charge on any atom is 0.336 e. The van der Waals surface area contributed by atoms with Gasteiger partial charge in [-0.15, -0.1) is 11.3 Å². The molecule has 2 aromatic heterocycles. The average molecular weight is 357 g/mol. The molecule has 0 aliphatic carbocycles. The van der Waals surface area contributed by atoms with Crippen molar-refractivity contribution in [1.82, 2.24) is 9.88 Å². The van der Waals surface area contributed by atoms with Crippen LogP contribution in [0, 0.1) is 13.8 Å². The number of aryl methyl sites for hydroxylation is 2. The molecule has 0 fully saturated rings. The quantitative estimate of drug-likeness (QED) is 0.726. The lowest BCUT2D eigenvalue weighted by Crippen LogP contribution is -2.14. The number of nitrogens with one attached hydrogen (secondary N) is 1. The summed E-state index contributed by atoms with van der Waals surface area (Å²) in [6.45, 7) is 4.40. The van der Waals surface area contributed by atoms with E-state index in [4.69, 9.17) is 4.42 Å². The normalized spacial score (nSPS) is 11.2. The molecule has 25 heavy (non-hydrogen) atoms. The molecule has 0 aliphatic rings. The van der Waals surface area contributed by atoms with E-state index in [-0.39, 0.29) is 11.5 Å². The Hall–Kier alpha value is -2.51. The molecule has 0 radical (unpaired) electrons. The van der Waals surface area contributed by atoms with Crippen LogP contribution in [0.5, 0.6) is 0 Å². The van der Waals surface area contributed by atoms with Crippen LogP contribution in [0.1, 0.15) is 26.6 Å². The zero-order valence-electron chi connectivity index (χ0n) is 14.5. The Bertz CT molecular complexity index is 1000. The Morgan fingerprint density at radius 2 is 2.00 bits per heavy atom. The van der Waals surface area contributed by atoms with Gasteiger partial charge in [0, 0.05) is 29.1 Å². The summed E-state index contributed by atoms with van der Waals surface area (Å²) in [6.07, 6.45) is 0. The minimum absolute atomic E-state index is 0.251. The maximum atomic E-state index is 12.5. The number of aromatic nitrogens is 1. The SMILES string of the molecule is Cc1cc2oc(=O)cc(C)c2cc1NC(=O)c1csc(CN(C)C)n1. The van der Waals surface area contributed by atoms with E-state index in [0.29, 0.717) is 23.5 Å². The largest absolute Gasteiger partial charge is 0.423 e. The van der Waals surface area contributed by atoms with Gasteiger partial charge in [0.25, 0.3) is 5.91 Å². The van der Waals surface area contributed by atoms with Crippen LogP contribution >= 0.6 is 11.3 Å². The van der Waals surface area contributed by atoms with Crippen molar-refractivity contribution in [2.75, 3.05) is 19.4 Å². The topological polar surface area (TPSA) is 75.4 Å². The lowest BCUT2D eigenvalue weighted by Gasteiger charge is -2.10. The summed E-state index contributed by atoms with van der Waals surface area (Å²) in [5.41, 5.74) is 2.84. The molecule has 3 rings (SSSR count). The number of fused-ring (bicyclic) bond motifs is 1. The molecule has 3 aromatic rings. The van der Waals surface area contributed by atoms with Gasteiger partial charge in [-0.25, -0.2) is 9.78 Å². The third-order valence-corrected chi connectivity index (χ3v) is 4.61. The Morgan fingerprint density at radius 1 is 1.24 bits per heavy atom. The molecule has 0 unspecified atom stereocenters. The fourth-order valence-corrected chi connectivity index (χ4v) is 3.44. The molecule has 0 bridgehead atoms. The summed E-state index contributed by atoms with van der Waals surface area (Å²) in [5, 5.41) is 6.35. The summed E-state index contributed by atoms with van der Waals surface area (Å²) < 4.78 is 5.22. The number of carbonyl (C=O) groups is 1. The third kappa shape index (κ3) is 3.78. The third-order valence-electron chi connectivity index (χ3n) is 3.78. The van der Waals surface area contributed by atoms with Crippen LogP contribution in [0.25, 0.3) is 11.0 Å². The van der Waals surface area contributed by atoms with Crippen LogP contribution in [0.2, 0.25) is 0 Å². The van der Waals surface area contributed by atoms with Crippen molar-refractivity contribution in [3.63, 3.8) is 0 Å². The van der Waals surface area contributed by atoms with E-state index in [0.717, 1.165) is 21.5 Å². The van der Waals surface area contributed by atoms with Crippen molar-refractivity contribution in [2.24, 2.45) is 0 Å². The van der Waals surface area contributed by atoms with Crippen LogP contribution in [-0.2, 0) is 6.54 Å². The summed E-state index contributed by atoms with van der Waals surface area (Å²) in [5.74, 6) is -0.251. The second-order valence-electron chi connectivity index (χ2n) is 6.23. The van der Waals surface area contributed by atoms with E-state index >= 15 is 0 Å². The Morgan fingerprint density at radius 3 is 2.72 bits per heavy atom. The number of anilines is 1.